The van der Waals surface area contributed by atoms with Crippen molar-refractivity contribution in [2.45, 2.75) is 23.5 Å². The van der Waals surface area contributed by atoms with Gasteiger partial charge >= 0.3 is 0 Å². The van der Waals surface area contributed by atoms with E-state index in [0.29, 0.717) is 0 Å². The van der Waals surface area contributed by atoms with Gasteiger partial charge in [-0.15, -0.1) is 11.8 Å². The van der Waals surface area contributed by atoms with Gasteiger partial charge in [-0.05, 0) is 34.9 Å². The number of halogens is 1. The average molecular weight is 244 g/mol. The largest absolute Gasteiger partial charge is 0.207 e. The molecule has 0 aromatic heterocycles. The summed E-state index contributed by atoms with van der Waals surface area (Å²) in [5.74, 6) is 1.06. The van der Waals surface area contributed by atoms with Gasteiger partial charge in [-0.1, -0.05) is 31.2 Å². The van der Waals surface area contributed by atoms with Gasteiger partial charge in [-0.3, -0.25) is 0 Å². The summed E-state index contributed by atoms with van der Waals surface area (Å²) < 4.78 is 13.4. The molecule has 1 aliphatic heterocycles. The highest BCUT2D eigenvalue weighted by atomic mass is 32.2. The Morgan fingerprint density at radius 3 is 2.82 bits per heavy atom. The minimum atomic E-state index is -0.139. The van der Waals surface area contributed by atoms with Crippen LogP contribution in [0.15, 0.2) is 47.4 Å². The van der Waals surface area contributed by atoms with Crippen LogP contribution in [0.1, 0.15) is 29.5 Å². The number of hydrogen-bond acceptors (Lipinski definition) is 1. The van der Waals surface area contributed by atoms with E-state index in [2.05, 4.69) is 31.2 Å². The zero-order valence-electron chi connectivity index (χ0n) is 9.61. The second-order valence-corrected chi connectivity index (χ2v) is 5.41. The van der Waals surface area contributed by atoms with Gasteiger partial charge in [0.05, 0.1) is 0 Å². The Labute approximate surface area is 105 Å². The molecule has 1 heterocycles. The third-order valence-corrected chi connectivity index (χ3v) is 4.48. The molecule has 0 amide bonds. The van der Waals surface area contributed by atoms with Crippen molar-refractivity contribution in [3.05, 3.63) is 65.0 Å². The SMILES string of the molecule is CC1c2cc(F)ccc2CSc2ccccc21. The summed E-state index contributed by atoms with van der Waals surface area (Å²) in [7, 11) is 0. The Kier molecular flexibility index (Phi) is 2.67. The quantitative estimate of drug-likeness (QED) is 0.653. The fraction of sp³-hybridized carbons (Fsp3) is 0.200. The molecule has 1 atom stereocenters. The van der Waals surface area contributed by atoms with E-state index in [1.54, 1.807) is 12.1 Å². The molecular formula is C15H13FS. The standard InChI is InChI=1S/C15H13FS/c1-10-13-4-2-3-5-15(13)17-9-11-6-7-12(16)8-14(10)11/h2-8,10H,9H2,1H3. The van der Waals surface area contributed by atoms with E-state index in [1.807, 2.05) is 17.8 Å². The van der Waals surface area contributed by atoms with Crippen LogP contribution in [0, 0.1) is 5.82 Å². The van der Waals surface area contributed by atoms with Gasteiger partial charge in [-0.2, -0.15) is 0 Å². The Hall–Kier alpha value is -1.28. The monoisotopic (exact) mass is 244 g/mol. The number of hydrogen-bond donors (Lipinski definition) is 0. The van der Waals surface area contributed by atoms with E-state index in [1.165, 1.54) is 16.0 Å². The first kappa shape index (κ1) is 10.8. The van der Waals surface area contributed by atoms with Crippen LogP contribution in [0.5, 0.6) is 0 Å². The Balaban J connectivity index is 2.18. The molecule has 0 saturated heterocycles. The van der Waals surface area contributed by atoms with Crippen LogP contribution in [-0.4, -0.2) is 0 Å². The minimum Gasteiger partial charge on any atom is -0.207 e. The van der Waals surface area contributed by atoms with E-state index in [9.17, 15) is 4.39 Å². The number of thioether (sulfide) groups is 1. The molecule has 2 aromatic rings. The molecule has 0 fully saturated rings. The van der Waals surface area contributed by atoms with Crippen LogP contribution in [0.3, 0.4) is 0 Å². The third-order valence-electron chi connectivity index (χ3n) is 3.34. The van der Waals surface area contributed by atoms with Gasteiger partial charge in [-0.25, -0.2) is 4.39 Å². The maximum Gasteiger partial charge on any atom is 0.123 e. The van der Waals surface area contributed by atoms with Crippen LogP contribution in [0.4, 0.5) is 4.39 Å². The van der Waals surface area contributed by atoms with Gasteiger partial charge in [0, 0.05) is 16.6 Å². The fourth-order valence-corrected chi connectivity index (χ4v) is 3.55. The van der Waals surface area contributed by atoms with E-state index in [4.69, 9.17) is 0 Å². The summed E-state index contributed by atoms with van der Waals surface area (Å²) in [6, 6.07) is 13.6. The summed E-state index contributed by atoms with van der Waals surface area (Å²) in [6.07, 6.45) is 0. The highest BCUT2D eigenvalue weighted by Gasteiger charge is 2.20. The first-order valence-electron chi connectivity index (χ1n) is 5.76. The van der Waals surface area contributed by atoms with E-state index < -0.39 is 0 Å². The summed E-state index contributed by atoms with van der Waals surface area (Å²) in [5, 5.41) is 0. The molecule has 1 unspecified atom stereocenters. The van der Waals surface area contributed by atoms with Gasteiger partial charge in [0.15, 0.2) is 0 Å². The van der Waals surface area contributed by atoms with Crippen molar-refractivity contribution >= 4 is 11.8 Å². The topological polar surface area (TPSA) is 0 Å². The number of rotatable bonds is 0. The fourth-order valence-electron chi connectivity index (χ4n) is 2.39. The molecule has 86 valence electrons. The molecule has 0 radical (unpaired) electrons. The lowest BCUT2D eigenvalue weighted by molar-refractivity contribution is 0.623. The van der Waals surface area contributed by atoms with Crippen molar-refractivity contribution in [2.24, 2.45) is 0 Å². The Bertz CT molecular complexity index is 563. The van der Waals surface area contributed by atoms with Crippen molar-refractivity contribution in [3.63, 3.8) is 0 Å². The van der Waals surface area contributed by atoms with Crippen molar-refractivity contribution in [3.8, 4) is 0 Å². The Morgan fingerprint density at radius 1 is 1.12 bits per heavy atom. The van der Waals surface area contributed by atoms with Crippen LogP contribution >= 0.6 is 11.8 Å². The predicted molar refractivity (Wildman–Crippen MR) is 69.9 cm³/mol. The normalized spacial score (nSPS) is 18.1. The van der Waals surface area contributed by atoms with Crippen LogP contribution in [0.25, 0.3) is 0 Å². The molecule has 2 aromatic carbocycles. The molecule has 0 nitrogen and oxygen atoms in total. The van der Waals surface area contributed by atoms with Gasteiger partial charge in [0.25, 0.3) is 0 Å². The molecule has 1 aliphatic rings. The van der Waals surface area contributed by atoms with Gasteiger partial charge < -0.3 is 0 Å². The molecule has 3 rings (SSSR count). The lowest BCUT2D eigenvalue weighted by Crippen LogP contribution is -1.99. The van der Waals surface area contributed by atoms with Gasteiger partial charge in [0.2, 0.25) is 0 Å². The van der Waals surface area contributed by atoms with Crippen molar-refractivity contribution in [1.29, 1.82) is 0 Å². The first-order chi connectivity index (χ1) is 8.25. The second-order valence-electron chi connectivity index (χ2n) is 4.39. The van der Waals surface area contributed by atoms with Gasteiger partial charge in [0.1, 0.15) is 5.82 Å². The maximum atomic E-state index is 13.4. The van der Waals surface area contributed by atoms with Crippen molar-refractivity contribution in [1.82, 2.24) is 0 Å². The molecule has 2 heteroatoms. The average Bonchev–Trinajstić information content (AvgIpc) is 2.49. The van der Waals surface area contributed by atoms with E-state index in [-0.39, 0.29) is 11.7 Å². The molecule has 0 spiro atoms. The van der Waals surface area contributed by atoms with E-state index in [0.717, 1.165) is 11.3 Å². The minimum absolute atomic E-state index is 0.139. The molecule has 0 bridgehead atoms. The molecular weight excluding hydrogens is 231 g/mol. The van der Waals surface area contributed by atoms with E-state index >= 15 is 0 Å². The van der Waals surface area contributed by atoms with Crippen LogP contribution < -0.4 is 0 Å². The molecule has 17 heavy (non-hydrogen) atoms. The second kappa shape index (κ2) is 4.19. The maximum absolute atomic E-state index is 13.4. The summed E-state index contributed by atoms with van der Waals surface area (Å²) >= 11 is 1.84. The molecule has 0 aliphatic carbocycles. The van der Waals surface area contributed by atoms with Crippen molar-refractivity contribution < 1.29 is 4.39 Å². The first-order valence-corrected chi connectivity index (χ1v) is 6.74. The lowest BCUT2D eigenvalue weighted by atomic mass is 9.90. The highest BCUT2D eigenvalue weighted by Crippen LogP contribution is 2.40. The number of fused-ring (bicyclic) bond motifs is 2. The lowest BCUT2D eigenvalue weighted by Gasteiger charge is -2.14. The summed E-state index contributed by atoms with van der Waals surface area (Å²) in [5.41, 5.74) is 3.68. The highest BCUT2D eigenvalue weighted by molar-refractivity contribution is 7.98. The smallest absolute Gasteiger partial charge is 0.123 e. The van der Waals surface area contributed by atoms with Crippen LogP contribution in [0.2, 0.25) is 0 Å². The number of benzene rings is 2. The third kappa shape index (κ3) is 1.87. The molecule has 0 saturated carbocycles. The zero-order valence-corrected chi connectivity index (χ0v) is 10.4. The molecule has 0 N–H and O–H groups in total. The summed E-state index contributed by atoms with van der Waals surface area (Å²) in [6.45, 7) is 2.16. The van der Waals surface area contributed by atoms with Crippen molar-refractivity contribution in [2.75, 3.05) is 0 Å². The zero-order chi connectivity index (χ0) is 11.8. The summed E-state index contributed by atoms with van der Waals surface area (Å²) in [4.78, 5) is 1.32. The Morgan fingerprint density at radius 2 is 1.94 bits per heavy atom. The predicted octanol–water partition coefficient (Wildman–Crippen LogP) is 4.58. The van der Waals surface area contributed by atoms with Crippen LogP contribution in [-0.2, 0) is 5.75 Å².